The quantitative estimate of drug-likeness (QED) is 0.617. The number of rotatable bonds is 5. The Kier molecular flexibility index (Phi) is 5.04. The van der Waals surface area contributed by atoms with Gasteiger partial charge in [-0.15, -0.1) is 0 Å². The van der Waals surface area contributed by atoms with Gasteiger partial charge in [-0.25, -0.2) is 0 Å². The Hall–Kier alpha value is -2.22. The topological polar surface area (TPSA) is 60.5 Å². The number of furan rings is 1. The average molecular weight is 287 g/mol. The van der Waals surface area contributed by atoms with E-state index in [0.29, 0.717) is 18.8 Å². The summed E-state index contributed by atoms with van der Waals surface area (Å²) in [5, 5.41) is 9.20. The molecule has 112 valence electrons. The van der Waals surface area contributed by atoms with Crippen molar-refractivity contribution in [2.75, 3.05) is 31.1 Å². The summed E-state index contributed by atoms with van der Waals surface area (Å²) in [4.78, 5) is 16.0. The Morgan fingerprint density at radius 1 is 1.38 bits per heavy atom. The third-order valence-electron chi connectivity index (χ3n) is 3.72. The fourth-order valence-corrected chi connectivity index (χ4v) is 2.49. The van der Waals surface area contributed by atoms with Gasteiger partial charge in [0.05, 0.1) is 0 Å². The molecular formula is C16H21N3O2. The maximum absolute atomic E-state index is 12.2. The number of carbonyl (C=O) groups excluding carboxylic acids is 1. The number of nitriles is 1. The van der Waals surface area contributed by atoms with E-state index in [-0.39, 0.29) is 11.5 Å². The highest BCUT2D eigenvalue weighted by Crippen LogP contribution is 2.24. The fraction of sp³-hybridized carbons (Fsp3) is 0.500. The van der Waals surface area contributed by atoms with Gasteiger partial charge in [0.25, 0.3) is 5.91 Å². The van der Waals surface area contributed by atoms with Crippen LogP contribution in [0.3, 0.4) is 0 Å². The summed E-state index contributed by atoms with van der Waals surface area (Å²) in [7, 11) is 0. The molecule has 21 heavy (non-hydrogen) atoms. The van der Waals surface area contributed by atoms with Crippen LogP contribution in [0.25, 0.3) is 6.08 Å². The summed E-state index contributed by atoms with van der Waals surface area (Å²) < 4.78 is 5.72. The highest BCUT2D eigenvalue weighted by atomic mass is 16.4. The standard InChI is InChI=1S/C16H21N3O2/c1-3-18(4-2)16(20)13(12-17)11-14-7-8-15(21-14)19-9-5-6-10-19/h7-8,11H,3-6,9-10H2,1-2H3/b13-11-. The van der Waals surface area contributed by atoms with Crippen LogP contribution in [0.1, 0.15) is 32.4 Å². The zero-order chi connectivity index (χ0) is 15.2. The Balaban J connectivity index is 2.16. The molecule has 0 saturated carbocycles. The zero-order valence-corrected chi connectivity index (χ0v) is 12.6. The zero-order valence-electron chi connectivity index (χ0n) is 12.6. The Morgan fingerprint density at radius 3 is 2.62 bits per heavy atom. The van der Waals surface area contributed by atoms with E-state index in [4.69, 9.17) is 4.42 Å². The van der Waals surface area contributed by atoms with Crippen LogP contribution in [-0.4, -0.2) is 37.0 Å². The lowest BCUT2D eigenvalue weighted by Gasteiger charge is -2.17. The fourth-order valence-electron chi connectivity index (χ4n) is 2.49. The molecule has 0 bridgehead atoms. The molecule has 1 fully saturated rings. The lowest BCUT2D eigenvalue weighted by Crippen LogP contribution is -2.31. The van der Waals surface area contributed by atoms with Crippen molar-refractivity contribution in [3.8, 4) is 6.07 Å². The summed E-state index contributed by atoms with van der Waals surface area (Å²) in [6, 6.07) is 5.68. The van der Waals surface area contributed by atoms with Crippen molar-refractivity contribution in [2.24, 2.45) is 0 Å². The van der Waals surface area contributed by atoms with Crippen LogP contribution in [-0.2, 0) is 4.79 Å². The van der Waals surface area contributed by atoms with Crippen LogP contribution in [0.15, 0.2) is 22.1 Å². The molecular weight excluding hydrogens is 266 g/mol. The molecule has 0 atom stereocenters. The molecule has 2 heterocycles. The lowest BCUT2D eigenvalue weighted by atomic mass is 10.2. The first kappa shape index (κ1) is 15.2. The van der Waals surface area contributed by atoms with E-state index in [2.05, 4.69) is 4.90 Å². The van der Waals surface area contributed by atoms with Gasteiger partial charge in [-0.2, -0.15) is 5.26 Å². The molecule has 0 N–H and O–H groups in total. The minimum Gasteiger partial charge on any atom is -0.441 e. The van der Waals surface area contributed by atoms with E-state index >= 15 is 0 Å². The molecule has 1 aliphatic heterocycles. The van der Waals surface area contributed by atoms with Gasteiger partial charge >= 0.3 is 0 Å². The van der Waals surface area contributed by atoms with Gasteiger partial charge in [0.2, 0.25) is 0 Å². The summed E-state index contributed by atoms with van der Waals surface area (Å²) in [6.45, 7) is 6.97. The van der Waals surface area contributed by atoms with Crippen molar-refractivity contribution < 1.29 is 9.21 Å². The smallest absolute Gasteiger partial charge is 0.264 e. The molecule has 1 aromatic rings. The number of carbonyl (C=O) groups is 1. The predicted octanol–water partition coefficient (Wildman–Crippen LogP) is 2.66. The number of anilines is 1. The van der Waals surface area contributed by atoms with Crippen molar-refractivity contribution in [1.29, 1.82) is 5.26 Å². The molecule has 1 saturated heterocycles. The molecule has 0 spiro atoms. The largest absolute Gasteiger partial charge is 0.441 e. The maximum Gasteiger partial charge on any atom is 0.264 e. The van der Waals surface area contributed by atoms with Crippen molar-refractivity contribution in [2.45, 2.75) is 26.7 Å². The summed E-state index contributed by atoms with van der Waals surface area (Å²) >= 11 is 0. The number of amides is 1. The second kappa shape index (κ2) is 6.98. The molecule has 0 radical (unpaired) electrons. The van der Waals surface area contributed by atoms with E-state index in [9.17, 15) is 10.1 Å². The first-order chi connectivity index (χ1) is 10.2. The molecule has 5 heteroatoms. The number of likely N-dealkylation sites (N-methyl/N-ethyl adjacent to an activating group) is 1. The second-order valence-electron chi connectivity index (χ2n) is 5.02. The average Bonchev–Trinajstić information content (AvgIpc) is 3.16. The minimum absolute atomic E-state index is 0.112. The second-order valence-corrected chi connectivity index (χ2v) is 5.02. The molecule has 0 aromatic carbocycles. The van der Waals surface area contributed by atoms with Crippen LogP contribution in [0.4, 0.5) is 5.88 Å². The van der Waals surface area contributed by atoms with E-state index < -0.39 is 0 Å². The van der Waals surface area contributed by atoms with Crippen molar-refractivity contribution in [1.82, 2.24) is 4.90 Å². The molecule has 0 aliphatic carbocycles. The molecule has 0 unspecified atom stereocenters. The first-order valence-corrected chi connectivity index (χ1v) is 7.45. The van der Waals surface area contributed by atoms with E-state index in [1.807, 2.05) is 26.0 Å². The van der Waals surface area contributed by atoms with Crippen LogP contribution in [0, 0.1) is 11.3 Å². The third kappa shape index (κ3) is 3.46. The van der Waals surface area contributed by atoms with E-state index in [1.165, 1.54) is 18.9 Å². The van der Waals surface area contributed by atoms with Gasteiger partial charge in [-0.1, -0.05) is 0 Å². The molecule has 1 amide bonds. The Morgan fingerprint density at radius 2 is 2.05 bits per heavy atom. The van der Waals surface area contributed by atoms with Gasteiger partial charge in [0, 0.05) is 38.3 Å². The van der Waals surface area contributed by atoms with Gasteiger partial charge in [-0.05, 0) is 32.8 Å². The van der Waals surface area contributed by atoms with Crippen LogP contribution < -0.4 is 4.90 Å². The minimum atomic E-state index is -0.248. The molecule has 5 nitrogen and oxygen atoms in total. The summed E-state index contributed by atoms with van der Waals surface area (Å²) in [5.41, 5.74) is 0.112. The SMILES string of the molecule is CCN(CC)C(=O)/C(C#N)=C\c1ccc(N2CCCC2)o1. The van der Waals surface area contributed by atoms with Gasteiger partial charge in [0.15, 0.2) is 5.88 Å². The number of hydrogen-bond donors (Lipinski definition) is 0. The lowest BCUT2D eigenvalue weighted by molar-refractivity contribution is -0.126. The summed E-state index contributed by atoms with van der Waals surface area (Å²) in [6.07, 6.45) is 3.88. The van der Waals surface area contributed by atoms with Crippen LogP contribution in [0.2, 0.25) is 0 Å². The van der Waals surface area contributed by atoms with Crippen molar-refractivity contribution >= 4 is 17.9 Å². The molecule has 1 aromatic heterocycles. The Labute approximate surface area is 125 Å². The molecule has 1 aliphatic rings. The highest BCUT2D eigenvalue weighted by Gasteiger charge is 2.18. The van der Waals surface area contributed by atoms with E-state index in [1.54, 1.807) is 11.0 Å². The maximum atomic E-state index is 12.2. The predicted molar refractivity (Wildman–Crippen MR) is 81.7 cm³/mol. The van der Waals surface area contributed by atoms with Crippen LogP contribution >= 0.6 is 0 Å². The van der Waals surface area contributed by atoms with Gasteiger partial charge in [-0.3, -0.25) is 4.79 Å². The highest BCUT2D eigenvalue weighted by molar-refractivity contribution is 6.01. The van der Waals surface area contributed by atoms with Gasteiger partial charge in [0.1, 0.15) is 17.4 Å². The normalized spacial score (nSPS) is 15.1. The first-order valence-electron chi connectivity index (χ1n) is 7.45. The number of nitrogens with zero attached hydrogens (tertiary/aromatic N) is 3. The summed E-state index contributed by atoms with van der Waals surface area (Å²) in [5.74, 6) is 1.11. The van der Waals surface area contributed by atoms with Crippen molar-refractivity contribution in [3.63, 3.8) is 0 Å². The number of hydrogen-bond acceptors (Lipinski definition) is 4. The van der Waals surface area contributed by atoms with Crippen LogP contribution in [0.5, 0.6) is 0 Å². The van der Waals surface area contributed by atoms with E-state index in [0.717, 1.165) is 19.0 Å². The molecule has 2 rings (SSSR count). The Bertz CT molecular complexity index is 558. The third-order valence-corrected chi connectivity index (χ3v) is 3.72. The monoisotopic (exact) mass is 287 g/mol. The van der Waals surface area contributed by atoms with Gasteiger partial charge < -0.3 is 14.2 Å². The van der Waals surface area contributed by atoms with Crippen molar-refractivity contribution in [3.05, 3.63) is 23.5 Å².